The van der Waals surface area contributed by atoms with Gasteiger partial charge >= 0.3 is 0 Å². The second-order valence-corrected chi connectivity index (χ2v) is 5.77. The van der Waals surface area contributed by atoms with Crippen molar-refractivity contribution in [3.05, 3.63) is 0 Å². The number of nitrogens with zero attached hydrogens (tertiary/aromatic N) is 3. The number of likely N-dealkylation sites (N-methyl/N-ethyl adjacent to an activating group) is 1. The molecule has 0 spiro atoms. The van der Waals surface area contributed by atoms with Gasteiger partial charge in [-0.1, -0.05) is 0 Å². The van der Waals surface area contributed by atoms with Crippen LogP contribution in [0, 0.1) is 0 Å². The lowest BCUT2D eigenvalue weighted by Crippen LogP contribution is -2.49. The molecule has 0 radical (unpaired) electrons. The number of nitrogens with one attached hydrogen (secondary N) is 1. The van der Waals surface area contributed by atoms with Crippen LogP contribution in [0.2, 0.25) is 0 Å². The van der Waals surface area contributed by atoms with Crippen molar-refractivity contribution in [3.8, 4) is 0 Å². The summed E-state index contributed by atoms with van der Waals surface area (Å²) in [4.78, 5) is 18.8. The van der Waals surface area contributed by atoms with Crippen molar-refractivity contribution >= 4 is 5.91 Å². The van der Waals surface area contributed by atoms with Gasteiger partial charge in [0.25, 0.3) is 0 Å². The van der Waals surface area contributed by atoms with E-state index in [1.54, 1.807) is 0 Å². The molecule has 2 aliphatic heterocycles. The summed E-state index contributed by atoms with van der Waals surface area (Å²) in [6.45, 7) is 8.91. The van der Waals surface area contributed by atoms with Gasteiger partial charge in [-0.2, -0.15) is 0 Å². The van der Waals surface area contributed by atoms with E-state index in [0.29, 0.717) is 6.54 Å². The second kappa shape index (κ2) is 7.82. The lowest BCUT2D eigenvalue weighted by atomic mass is 10.3. The predicted octanol–water partition coefficient (Wildman–Crippen LogP) is -0.164. The molecule has 0 unspecified atom stereocenters. The molecule has 0 aromatic carbocycles. The molecule has 0 aliphatic carbocycles. The van der Waals surface area contributed by atoms with Gasteiger partial charge in [-0.25, -0.2) is 0 Å². The Balaban J connectivity index is 1.57. The average Bonchev–Trinajstić information content (AvgIpc) is 2.93. The standard InChI is InChI=1S/C14H28N4O/c1-16(7-4-10-17-8-2-3-9-17)13-14(19)18-11-5-15-6-12-18/h15H,2-13H2,1H3. The van der Waals surface area contributed by atoms with Crippen molar-refractivity contribution in [2.75, 3.05) is 66.0 Å². The van der Waals surface area contributed by atoms with Gasteiger partial charge in [0.1, 0.15) is 0 Å². The van der Waals surface area contributed by atoms with Crippen LogP contribution in [0.25, 0.3) is 0 Å². The number of hydrogen-bond acceptors (Lipinski definition) is 4. The third-order valence-corrected chi connectivity index (χ3v) is 4.09. The van der Waals surface area contributed by atoms with Crippen molar-refractivity contribution in [1.29, 1.82) is 0 Å². The number of piperazine rings is 1. The molecule has 5 nitrogen and oxygen atoms in total. The molecule has 110 valence electrons. The third kappa shape index (κ3) is 5.09. The van der Waals surface area contributed by atoms with Crippen LogP contribution in [0.5, 0.6) is 0 Å². The monoisotopic (exact) mass is 268 g/mol. The van der Waals surface area contributed by atoms with E-state index in [1.165, 1.54) is 38.9 Å². The number of carbonyl (C=O) groups excluding carboxylic acids is 1. The summed E-state index contributed by atoms with van der Waals surface area (Å²) in [6.07, 6.45) is 3.89. The molecule has 2 fully saturated rings. The summed E-state index contributed by atoms with van der Waals surface area (Å²) < 4.78 is 0. The lowest BCUT2D eigenvalue weighted by Gasteiger charge is -2.29. The molecule has 2 rings (SSSR count). The van der Waals surface area contributed by atoms with Gasteiger partial charge in [0.05, 0.1) is 6.54 Å². The summed E-state index contributed by atoms with van der Waals surface area (Å²) in [7, 11) is 2.06. The Morgan fingerprint density at radius 1 is 1.16 bits per heavy atom. The van der Waals surface area contributed by atoms with E-state index in [-0.39, 0.29) is 5.91 Å². The minimum absolute atomic E-state index is 0.283. The largest absolute Gasteiger partial charge is 0.339 e. The van der Waals surface area contributed by atoms with E-state index in [9.17, 15) is 4.79 Å². The van der Waals surface area contributed by atoms with Gasteiger partial charge in [0, 0.05) is 26.2 Å². The summed E-state index contributed by atoms with van der Waals surface area (Å²) in [6, 6.07) is 0. The highest BCUT2D eigenvalue weighted by molar-refractivity contribution is 5.78. The summed E-state index contributed by atoms with van der Waals surface area (Å²) in [5.41, 5.74) is 0. The molecule has 0 bridgehead atoms. The zero-order valence-electron chi connectivity index (χ0n) is 12.2. The Kier molecular flexibility index (Phi) is 6.07. The van der Waals surface area contributed by atoms with Gasteiger partial charge in [-0.15, -0.1) is 0 Å². The molecular formula is C14H28N4O. The molecule has 0 aromatic rings. The fourth-order valence-corrected chi connectivity index (χ4v) is 2.89. The number of hydrogen-bond donors (Lipinski definition) is 1. The molecule has 19 heavy (non-hydrogen) atoms. The first-order valence-electron chi connectivity index (χ1n) is 7.65. The maximum atomic E-state index is 12.1. The molecule has 5 heteroatoms. The van der Waals surface area contributed by atoms with E-state index >= 15 is 0 Å². The number of carbonyl (C=O) groups is 1. The van der Waals surface area contributed by atoms with Crippen molar-refractivity contribution in [1.82, 2.24) is 20.0 Å². The summed E-state index contributed by atoms with van der Waals surface area (Å²) in [5.74, 6) is 0.283. The van der Waals surface area contributed by atoms with E-state index < -0.39 is 0 Å². The third-order valence-electron chi connectivity index (χ3n) is 4.09. The normalized spacial score (nSPS) is 21.3. The van der Waals surface area contributed by atoms with Crippen LogP contribution in [-0.4, -0.2) is 86.6 Å². The molecule has 2 saturated heterocycles. The van der Waals surface area contributed by atoms with Crippen LogP contribution in [0.1, 0.15) is 19.3 Å². The first-order valence-corrected chi connectivity index (χ1v) is 7.65. The summed E-state index contributed by atoms with van der Waals surface area (Å²) in [5, 5.41) is 3.28. The zero-order valence-corrected chi connectivity index (χ0v) is 12.2. The zero-order chi connectivity index (χ0) is 13.5. The first-order chi connectivity index (χ1) is 9.25. The highest BCUT2D eigenvalue weighted by Gasteiger charge is 2.17. The highest BCUT2D eigenvalue weighted by Crippen LogP contribution is 2.07. The number of amides is 1. The van der Waals surface area contributed by atoms with E-state index in [1.807, 2.05) is 4.90 Å². The Hall–Kier alpha value is -0.650. The SMILES string of the molecule is CN(CCCN1CCCC1)CC(=O)N1CCNCC1. The Labute approximate surface area is 116 Å². The fourth-order valence-electron chi connectivity index (χ4n) is 2.89. The van der Waals surface area contributed by atoms with Gasteiger partial charge in [-0.05, 0) is 52.5 Å². The molecule has 2 aliphatic rings. The van der Waals surface area contributed by atoms with Crippen molar-refractivity contribution in [2.24, 2.45) is 0 Å². The Bertz CT molecular complexity index is 273. The van der Waals surface area contributed by atoms with Crippen LogP contribution < -0.4 is 5.32 Å². The van der Waals surface area contributed by atoms with Gasteiger partial charge < -0.3 is 15.1 Å². The van der Waals surface area contributed by atoms with Gasteiger partial charge in [-0.3, -0.25) is 9.69 Å². The Morgan fingerprint density at radius 2 is 1.84 bits per heavy atom. The summed E-state index contributed by atoms with van der Waals surface area (Å²) >= 11 is 0. The Morgan fingerprint density at radius 3 is 2.53 bits per heavy atom. The van der Waals surface area contributed by atoms with E-state index in [2.05, 4.69) is 22.2 Å². The topological polar surface area (TPSA) is 38.8 Å². The maximum absolute atomic E-state index is 12.1. The van der Waals surface area contributed by atoms with Crippen LogP contribution in [-0.2, 0) is 4.79 Å². The first kappa shape index (κ1) is 14.8. The second-order valence-electron chi connectivity index (χ2n) is 5.77. The minimum atomic E-state index is 0.283. The highest BCUT2D eigenvalue weighted by atomic mass is 16.2. The van der Waals surface area contributed by atoms with Crippen LogP contribution in [0.15, 0.2) is 0 Å². The van der Waals surface area contributed by atoms with Crippen molar-refractivity contribution < 1.29 is 4.79 Å². The van der Waals surface area contributed by atoms with Crippen molar-refractivity contribution in [3.63, 3.8) is 0 Å². The maximum Gasteiger partial charge on any atom is 0.236 e. The fraction of sp³-hybridized carbons (Fsp3) is 0.929. The molecule has 2 heterocycles. The predicted molar refractivity (Wildman–Crippen MR) is 77.2 cm³/mol. The quantitative estimate of drug-likeness (QED) is 0.726. The van der Waals surface area contributed by atoms with Gasteiger partial charge in [0.2, 0.25) is 5.91 Å². The lowest BCUT2D eigenvalue weighted by molar-refractivity contribution is -0.132. The molecular weight excluding hydrogens is 240 g/mol. The van der Waals surface area contributed by atoms with E-state index in [0.717, 1.165) is 32.7 Å². The molecule has 1 amide bonds. The number of rotatable bonds is 6. The molecule has 0 atom stereocenters. The smallest absolute Gasteiger partial charge is 0.236 e. The van der Waals surface area contributed by atoms with Crippen LogP contribution in [0.3, 0.4) is 0 Å². The molecule has 0 aromatic heterocycles. The molecule has 1 N–H and O–H groups in total. The van der Waals surface area contributed by atoms with Crippen molar-refractivity contribution in [2.45, 2.75) is 19.3 Å². The van der Waals surface area contributed by atoms with Crippen LogP contribution >= 0.6 is 0 Å². The number of likely N-dealkylation sites (tertiary alicyclic amines) is 1. The minimum Gasteiger partial charge on any atom is -0.339 e. The van der Waals surface area contributed by atoms with E-state index in [4.69, 9.17) is 0 Å². The molecule has 0 saturated carbocycles. The van der Waals surface area contributed by atoms with Gasteiger partial charge in [0.15, 0.2) is 0 Å². The average molecular weight is 268 g/mol. The van der Waals surface area contributed by atoms with Crippen LogP contribution in [0.4, 0.5) is 0 Å².